The Balaban J connectivity index is 1.90. The largest absolute Gasteiger partial charge is 0.495 e. The summed E-state index contributed by atoms with van der Waals surface area (Å²) in [5, 5.41) is 4.41. The first-order valence-electron chi connectivity index (χ1n) is 7.80. The minimum absolute atomic E-state index is 0.0246. The summed E-state index contributed by atoms with van der Waals surface area (Å²) in [4.78, 5) is 11.7. The van der Waals surface area contributed by atoms with E-state index < -0.39 is 0 Å². The summed E-state index contributed by atoms with van der Waals surface area (Å²) in [5.74, 6) is 0.677. The molecule has 5 heteroatoms. The lowest BCUT2D eigenvalue weighted by molar-refractivity contribution is -0.147. The first-order chi connectivity index (χ1) is 10.6. The van der Waals surface area contributed by atoms with Crippen LogP contribution < -0.4 is 10.1 Å². The fraction of sp³-hybridized carbons (Fsp3) is 0.588. The molecular weight excluding hydrogens is 302 g/mol. The van der Waals surface area contributed by atoms with Crippen LogP contribution in [0.5, 0.6) is 5.75 Å². The van der Waals surface area contributed by atoms with E-state index in [1.807, 2.05) is 6.07 Å². The average molecular weight is 324 g/mol. The molecule has 1 aromatic rings. The number of halogens is 1. The lowest BCUT2D eigenvalue weighted by Crippen LogP contribution is -2.50. The molecule has 22 heavy (non-hydrogen) atoms. The standard InChI is InChI=1S/C17H22ClNO3/c1-21-14-4-3-13-12(15(14)18)7-10-19-17(13)8-5-11(6-9-17)16(20)22-2/h3-4,11,19H,5-10H2,1-2H3. The van der Waals surface area contributed by atoms with Crippen molar-refractivity contribution < 1.29 is 14.3 Å². The predicted octanol–water partition coefficient (Wildman–Crippen LogP) is 3.05. The Morgan fingerprint density at radius 1 is 1.32 bits per heavy atom. The van der Waals surface area contributed by atoms with Gasteiger partial charge in [0.05, 0.1) is 25.2 Å². The third-order valence-electron chi connectivity index (χ3n) is 5.16. The number of carbonyl (C=O) groups is 1. The summed E-state index contributed by atoms with van der Waals surface area (Å²) in [6.45, 7) is 0.906. The van der Waals surface area contributed by atoms with Crippen molar-refractivity contribution in [2.45, 2.75) is 37.6 Å². The van der Waals surface area contributed by atoms with Crippen LogP contribution in [0.25, 0.3) is 0 Å². The van der Waals surface area contributed by atoms with Gasteiger partial charge < -0.3 is 14.8 Å². The van der Waals surface area contributed by atoms with E-state index in [-0.39, 0.29) is 17.4 Å². The smallest absolute Gasteiger partial charge is 0.308 e. The zero-order chi connectivity index (χ0) is 15.7. The molecule has 1 aliphatic heterocycles. The zero-order valence-corrected chi connectivity index (χ0v) is 13.8. The first kappa shape index (κ1) is 15.6. The molecule has 1 fully saturated rings. The Kier molecular flexibility index (Phi) is 4.33. The molecule has 1 aromatic carbocycles. The Morgan fingerprint density at radius 3 is 2.68 bits per heavy atom. The Hall–Kier alpha value is -1.26. The summed E-state index contributed by atoms with van der Waals surface area (Å²) in [6.07, 6.45) is 4.48. The van der Waals surface area contributed by atoms with E-state index in [0.717, 1.165) is 49.4 Å². The summed E-state index contributed by atoms with van der Waals surface area (Å²) in [5.41, 5.74) is 2.40. The number of rotatable bonds is 2. The fourth-order valence-electron chi connectivity index (χ4n) is 3.93. The molecule has 120 valence electrons. The van der Waals surface area contributed by atoms with Crippen LogP contribution in [0.3, 0.4) is 0 Å². The van der Waals surface area contributed by atoms with Crippen LogP contribution in [0.2, 0.25) is 5.02 Å². The third kappa shape index (κ3) is 2.48. The predicted molar refractivity (Wildman–Crippen MR) is 85.4 cm³/mol. The quantitative estimate of drug-likeness (QED) is 0.850. The van der Waals surface area contributed by atoms with Gasteiger partial charge in [-0.3, -0.25) is 4.79 Å². The average Bonchev–Trinajstić information content (AvgIpc) is 2.56. The Bertz CT molecular complexity index is 580. The van der Waals surface area contributed by atoms with Gasteiger partial charge in [0.2, 0.25) is 0 Å². The molecule has 1 saturated carbocycles. The highest BCUT2D eigenvalue weighted by Gasteiger charge is 2.42. The maximum Gasteiger partial charge on any atom is 0.308 e. The molecule has 4 nitrogen and oxygen atoms in total. The number of ether oxygens (including phenoxy) is 2. The lowest BCUT2D eigenvalue weighted by Gasteiger charge is -2.45. The van der Waals surface area contributed by atoms with Gasteiger partial charge in [0.25, 0.3) is 0 Å². The number of hydrogen-bond acceptors (Lipinski definition) is 4. The van der Waals surface area contributed by atoms with Crippen LogP contribution in [0.15, 0.2) is 12.1 Å². The molecule has 1 heterocycles. The van der Waals surface area contributed by atoms with Crippen molar-refractivity contribution in [2.75, 3.05) is 20.8 Å². The van der Waals surface area contributed by atoms with Gasteiger partial charge in [0.15, 0.2) is 0 Å². The van der Waals surface area contributed by atoms with E-state index in [1.54, 1.807) is 7.11 Å². The number of benzene rings is 1. The highest BCUT2D eigenvalue weighted by atomic mass is 35.5. The number of esters is 1. The molecule has 1 spiro atoms. The summed E-state index contributed by atoms with van der Waals surface area (Å²) in [7, 11) is 3.11. The van der Waals surface area contributed by atoms with Gasteiger partial charge in [-0.2, -0.15) is 0 Å². The second kappa shape index (κ2) is 6.09. The van der Waals surface area contributed by atoms with Crippen LogP contribution >= 0.6 is 11.6 Å². The summed E-state index contributed by atoms with van der Waals surface area (Å²) < 4.78 is 10.2. The minimum atomic E-state index is -0.0846. The van der Waals surface area contributed by atoms with E-state index >= 15 is 0 Å². The second-order valence-electron chi connectivity index (χ2n) is 6.16. The van der Waals surface area contributed by atoms with E-state index in [9.17, 15) is 4.79 Å². The molecule has 0 radical (unpaired) electrons. The normalized spacial score (nSPS) is 27.3. The highest BCUT2D eigenvalue weighted by molar-refractivity contribution is 6.33. The van der Waals surface area contributed by atoms with Crippen molar-refractivity contribution in [1.29, 1.82) is 0 Å². The van der Waals surface area contributed by atoms with Gasteiger partial charge in [0, 0.05) is 12.1 Å². The van der Waals surface area contributed by atoms with Crippen molar-refractivity contribution >= 4 is 17.6 Å². The van der Waals surface area contributed by atoms with Crippen molar-refractivity contribution in [2.24, 2.45) is 5.92 Å². The summed E-state index contributed by atoms with van der Waals surface area (Å²) in [6, 6.07) is 4.08. The van der Waals surface area contributed by atoms with Gasteiger partial charge in [-0.05, 0) is 49.3 Å². The maximum absolute atomic E-state index is 11.7. The van der Waals surface area contributed by atoms with Crippen LogP contribution in [0.4, 0.5) is 0 Å². The van der Waals surface area contributed by atoms with Crippen molar-refractivity contribution in [3.63, 3.8) is 0 Å². The fourth-order valence-corrected chi connectivity index (χ4v) is 4.27. The number of methoxy groups -OCH3 is 2. The van der Waals surface area contributed by atoms with Crippen molar-refractivity contribution in [3.05, 3.63) is 28.3 Å². The molecule has 3 rings (SSSR count). The zero-order valence-electron chi connectivity index (χ0n) is 13.1. The van der Waals surface area contributed by atoms with Crippen LogP contribution in [-0.2, 0) is 21.5 Å². The molecular formula is C17H22ClNO3. The molecule has 0 unspecified atom stereocenters. The van der Waals surface area contributed by atoms with Crippen molar-refractivity contribution in [1.82, 2.24) is 5.32 Å². The van der Waals surface area contributed by atoms with Crippen LogP contribution in [0, 0.1) is 5.92 Å². The van der Waals surface area contributed by atoms with Crippen LogP contribution in [-0.4, -0.2) is 26.7 Å². The molecule has 1 aliphatic carbocycles. The molecule has 0 saturated heterocycles. The molecule has 2 aliphatic rings. The van der Waals surface area contributed by atoms with Crippen molar-refractivity contribution in [3.8, 4) is 5.75 Å². The van der Waals surface area contributed by atoms with E-state index in [2.05, 4.69) is 11.4 Å². The molecule has 0 aromatic heterocycles. The molecule has 0 atom stereocenters. The topological polar surface area (TPSA) is 47.6 Å². The van der Waals surface area contributed by atoms with E-state index in [1.165, 1.54) is 18.2 Å². The molecule has 0 amide bonds. The first-order valence-corrected chi connectivity index (χ1v) is 8.18. The van der Waals surface area contributed by atoms with Crippen LogP contribution in [0.1, 0.15) is 36.8 Å². The monoisotopic (exact) mass is 323 g/mol. The lowest BCUT2D eigenvalue weighted by atomic mass is 9.69. The summed E-state index contributed by atoms with van der Waals surface area (Å²) >= 11 is 6.50. The van der Waals surface area contributed by atoms with E-state index in [0.29, 0.717) is 0 Å². The number of carbonyl (C=O) groups excluding carboxylic acids is 1. The molecule has 1 N–H and O–H groups in total. The van der Waals surface area contributed by atoms with Gasteiger partial charge in [0.1, 0.15) is 5.75 Å². The Labute approximate surface area is 136 Å². The van der Waals surface area contributed by atoms with Gasteiger partial charge in [-0.25, -0.2) is 0 Å². The van der Waals surface area contributed by atoms with Gasteiger partial charge in [-0.1, -0.05) is 17.7 Å². The number of nitrogens with one attached hydrogen (secondary N) is 1. The van der Waals surface area contributed by atoms with E-state index in [4.69, 9.17) is 21.1 Å². The SMILES string of the molecule is COC(=O)C1CCC2(CC1)NCCc1c2ccc(OC)c1Cl. The van der Waals surface area contributed by atoms with Gasteiger partial charge >= 0.3 is 5.97 Å². The number of hydrogen-bond donors (Lipinski definition) is 1. The molecule has 0 bridgehead atoms. The van der Waals surface area contributed by atoms with Gasteiger partial charge in [-0.15, -0.1) is 0 Å². The maximum atomic E-state index is 11.7. The highest BCUT2D eigenvalue weighted by Crippen LogP contribution is 2.46. The second-order valence-corrected chi connectivity index (χ2v) is 6.54. The minimum Gasteiger partial charge on any atom is -0.495 e. The Morgan fingerprint density at radius 2 is 2.05 bits per heavy atom. The number of fused-ring (bicyclic) bond motifs is 2. The third-order valence-corrected chi connectivity index (χ3v) is 5.57.